The molecule has 1 N–H and O–H groups in total. The first kappa shape index (κ1) is 18.6. The molecular weight excluding hydrogens is 331 g/mol. The zero-order valence-electron chi connectivity index (χ0n) is 15.7. The predicted molar refractivity (Wildman–Crippen MR) is 99.6 cm³/mol. The summed E-state index contributed by atoms with van der Waals surface area (Å²) >= 11 is 0. The van der Waals surface area contributed by atoms with Crippen LogP contribution in [0.15, 0.2) is 30.3 Å². The predicted octanol–water partition coefficient (Wildman–Crippen LogP) is 3.25. The minimum absolute atomic E-state index is 0.0554. The molecule has 1 aromatic carbocycles. The van der Waals surface area contributed by atoms with Crippen molar-refractivity contribution in [3.05, 3.63) is 53.1 Å². The van der Waals surface area contributed by atoms with E-state index in [1.807, 2.05) is 18.2 Å². The zero-order valence-corrected chi connectivity index (χ0v) is 15.7. The van der Waals surface area contributed by atoms with Crippen LogP contribution in [0.5, 0.6) is 0 Å². The molecule has 6 heteroatoms. The van der Waals surface area contributed by atoms with Crippen molar-refractivity contribution in [3.63, 3.8) is 0 Å². The number of likely N-dealkylation sites (tertiary alicyclic amines) is 1. The Kier molecular flexibility index (Phi) is 5.71. The van der Waals surface area contributed by atoms with Gasteiger partial charge in [-0.15, -0.1) is 0 Å². The first-order valence-corrected chi connectivity index (χ1v) is 9.27. The number of aryl methyl sites for hydroxylation is 1. The molecule has 0 radical (unpaired) electrons. The first-order chi connectivity index (χ1) is 12.5. The first-order valence-electron chi connectivity index (χ1n) is 9.27. The van der Waals surface area contributed by atoms with Gasteiger partial charge in [-0.25, -0.2) is 4.39 Å². The van der Waals surface area contributed by atoms with Crippen molar-refractivity contribution >= 4 is 5.91 Å². The Balaban J connectivity index is 1.73. The second-order valence-electron chi connectivity index (χ2n) is 7.25. The van der Waals surface area contributed by atoms with Gasteiger partial charge in [-0.3, -0.25) is 14.4 Å². The molecule has 1 amide bonds. The van der Waals surface area contributed by atoms with Crippen LogP contribution in [0.4, 0.5) is 4.39 Å². The van der Waals surface area contributed by atoms with Gasteiger partial charge in [0.05, 0.1) is 11.7 Å². The Bertz CT molecular complexity index is 748. The number of nitrogens with zero attached hydrogens (tertiary/aromatic N) is 3. The molecule has 2 heterocycles. The van der Waals surface area contributed by atoms with E-state index in [2.05, 4.69) is 29.2 Å². The average molecular weight is 358 g/mol. The second kappa shape index (κ2) is 7.99. The minimum atomic E-state index is -0.242. The number of aromatic nitrogens is 2. The molecule has 5 nitrogen and oxygen atoms in total. The van der Waals surface area contributed by atoms with Gasteiger partial charge in [0.25, 0.3) is 5.91 Å². The summed E-state index contributed by atoms with van der Waals surface area (Å²) in [4.78, 5) is 15.0. The van der Waals surface area contributed by atoms with E-state index in [0.29, 0.717) is 12.2 Å². The highest BCUT2D eigenvalue weighted by Gasteiger charge is 2.25. The number of halogens is 1. The van der Waals surface area contributed by atoms with E-state index in [1.165, 1.54) is 12.1 Å². The maximum absolute atomic E-state index is 13.3. The van der Waals surface area contributed by atoms with Gasteiger partial charge in [-0.2, -0.15) is 5.10 Å². The van der Waals surface area contributed by atoms with E-state index in [1.54, 1.807) is 11.7 Å². The summed E-state index contributed by atoms with van der Waals surface area (Å²) in [6, 6.07) is 8.49. The summed E-state index contributed by atoms with van der Waals surface area (Å²) in [6.07, 6.45) is 2.32. The van der Waals surface area contributed by atoms with Crippen molar-refractivity contribution < 1.29 is 9.18 Å². The summed E-state index contributed by atoms with van der Waals surface area (Å²) in [6.45, 7) is 6.61. The lowest BCUT2D eigenvalue weighted by molar-refractivity contribution is 0.0928. The molecule has 1 atom stereocenters. The monoisotopic (exact) mass is 358 g/mol. The van der Waals surface area contributed by atoms with E-state index < -0.39 is 0 Å². The molecule has 1 aliphatic heterocycles. The van der Waals surface area contributed by atoms with Crippen molar-refractivity contribution in [3.8, 4) is 0 Å². The van der Waals surface area contributed by atoms with E-state index in [4.69, 9.17) is 0 Å². The van der Waals surface area contributed by atoms with Crippen LogP contribution in [0.2, 0.25) is 0 Å². The van der Waals surface area contributed by atoms with E-state index in [9.17, 15) is 9.18 Å². The zero-order chi connectivity index (χ0) is 18.7. The molecule has 0 aliphatic carbocycles. The van der Waals surface area contributed by atoms with Gasteiger partial charge in [0, 0.05) is 13.6 Å². The quantitative estimate of drug-likeness (QED) is 0.862. The maximum Gasteiger partial charge on any atom is 0.269 e. The smallest absolute Gasteiger partial charge is 0.269 e. The molecule has 0 spiro atoms. The standard InChI is InChI=1S/C20H27FN4O/c1-14(2)17-12-18(24(3)23-17)20(26)22-13-19(25-10-4-5-11-25)15-6-8-16(21)9-7-15/h6-9,12,14,19H,4-5,10-11,13H2,1-3H3,(H,22,26)/t19-/m1/s1. The fourth-order valence-corrected chi connectivity index (χ4v) is 3.46. The van der Waals surface area contributed by atoms with Crippen LogP contribution < -0.4 is 5.32 Å². The number of amides is 1. The van der Waals surface area contributed by atoms with Gasteiger partial charge in [-0.05, 0) is 55.6 Å². The van der Waals surface area contributed by atoms with Gasteiger partial charge >= 0.3 is 0 Å². The number of hydrogen-bond acceptors (Lipinski definition) is 3. The van der Waals surface area contributed by atoms with Crippen molar-refractivity contribution in [1.29, 1.82) is 0 Å². The fourth-order valence-electron chi connectivity index (χ4n) is 3.46. The molecular formula is C20H27FN4O. The lowest BCUT2D eigenvalue weighted by Gasteiger charge is -2.28. The Morgan fingerprint density at radius 3 is 2.46 bits per heavy atom. The van der Waals surface area contributed by atoms with Gasteiger partial charge in [0.2, 0.25) is 0 Å². The van der Waals surface area contributed by atoms with Crippen LogP contribution in [-0.4, -0.2) is 40.2 Å². The summed E-state index contributed by atoms with van der Waals surface area (Å²) in [7, 11) is 1.79. The Hall–Kier alpha value is -2.21. The van der Waals surface area contributed by atoms with Crippen LogP contribution in [0, 0.1) is 5.82 Å². The number of benzene rings is 1. The minimum Gasteiger partial charge on any atom is -0.349 e. The number of nitrogens with one attached hydrogen (secondary N) is 1. The van der Waals surface area contributed by atoms with E-state index >= 15 is 0 Å². The molecule has 3 rings (SSSR count). The Morgan fingerprint density at radius 1 is 1.23 bits per heavy atom. The van der Waals surface area contributed by atoms with Crippen molar-refractivity contribution in [2.24, 2.45) is 7.05 Å². The number of carbonyl (C=O) groups is 1. The lowest BCUT2D eigenvalue weighted by Crippen LogP contribution is -2.37. The third-order valence-corrected chi connectivity index (χ3v) is 5.02. The highest BCUT2D eigenvalue weighted by Crippen LogP contribution is 2.25. The summed E-state index contributed by atoms with van der Waals surface area (Å²) in [5.41, 5.74) is 2.50. The fraction of sp³-hybridized carbons (Fsp3) is 0.500. The SMILES string of the molecule is CC(C)c1cc(C(=O)NC[C@H](c2ccc(F)cc2)N2CCCC2)n(C)n1. The molecule has 26 heavy (non-hydrogen) atoms. The molecule has 0 unspecified atom stereocenters. The van der Waals surface area contributed by atoms with Gasteiger partial charge in [0.15, 0.2) is 0 Å². The van der Waals surface area contributed by atoms with Crippen LogP contribution in [0.3, 0.4) is 0 Å². The van der Waals surface area contributed by atoms with Crippen LogP contribution in [0.1, 0.15) is 60.4 Å². The summed E-state index contributed by atoms with van der Waals surface area (Å²) in [5, 5.41) is 7.45. The van der Waals surface area contributed by atoms with Crippen LogP contribution >= 0.6 is 0 Å². The summed E-state index contributed by atoms with van der Waals surface area (Å²) < 4.78 is 14.9. The molecule has 1 saturated heterocycles. The molecule has 1 aliphatic rings. The molecule has 1 aromatic heterocycles. The topological polar surface area (TPSA) is 50.2 Å². The highest BCUT2D eigenvalue weighted by atomic mass is 19.1. The third-order valence-electron chi connectivity index (χ3n) is 5.02. The number of hydrogen-bond donors (Lipinski definition) is 1. The average Bonchev–Trinajstić information content (AvgIpc) is 3.26. The normalized spacial score (nSPS) is 16.2. The lowest BCUT2D eigenvalue weighted by atomic mass is 10.1. The van der Waals surface area contributed by atoms with Gasteiger partial charge in [-0.1, -0.05) is 26.0 Å². The Labute approximate surface area is 154 Å². The van der Waals surface area contributed by atoms with Crippen molar-refractivity contribution in [2.75, 3.05) is 19.6 Å². The van der Waals surface area contributed by atoms with Crippen LogP contribution in [0.25, 0.3) is 0 Å². The molecule has 140 valence electrons. The van der Waals surface area contributed by atoms with Gasteiger partial charge < -0.3 is 5.32 Å². The molecule has 0 bridgehead atoms. The molecule has 0 saturated carbocycles. The maximum atomic E-state index is 13.3. The highest BCUT2D eigenvalue weighted by molar-refractivity contribution is 5.92. The van der Waals surface area contributed by atoms with Crippen LogP contribution in [-0.2, 0) is 7.05 Å². The number of carbonyl (C=O) groups excluding carboxylic acids is 1. The van der Waals surface area contributed by atoms with E-state index in [-0.39, 0.29) is 23.7 Å². The largest absolute Gasteiger partial charge is 0.349 e. The molecule has 2 aromatic rings. The summed E-state index contributed by atoms with van der Waals surface area (Å²) in [5.74, 6) is -0.0911. The van der Waals surface area contributed by atoms with Crippen molar-refractivity contribution in [1.82, 2.24) is 20.0 Å². The Morgan fingerprint density at radius 2 is 1.88 bits per heavy atom. The van der Waals surface area contributed by atoms with E-state index in [0.717, 1.165) is 37.2 Å². The third kappa shape index (κ3) is 4.12. The van der Waals surface area contributed by atoms with Crippen molar-refractivity contribution in [2.45, 2.75) is 38.6 Å². The molecule has 1 fully saturated rings. The second-order valence-corrected chi connectivity index (χ2v) is 7.25. The number of rotatable bonds is 6. The van der Waals surface area contributed by atoms with Gasteiger partial charge in [0.1, 0.15) is 11.5 Å².